The van der Waals surface area contributed by atoms with Crippen LogP contribution in [0, 0.1) is 0 Å². The Balaban J connectivity index is 2.06. The Hall–Kier alpha value is -2.11. The van der Waals surface area contributed by atoms with E-state index in [1.165, 1.54) is 12.1 Å². The Bertz CT molecular complexity index is 494. The molecule has 1 amide bonds. The van der Waals surface area contributed by atoms with E-state index in [0.29, 0.717) is 18.8 Å². The molecule has 1 aliphatic rings. The van der Waals surface area contributed by atoms with Gasteiger partial charge in [0.15, 0.2) is 0 Å². The van der Waals surface area contributed by atoms with Crippen LogP contribution < -0.4 is 15.0 Å². The van der Waals surface area contributed by atoms with Crippen LogP contribution in [0.1, 0.15) is 6.42 Å². The molecular formula is C14H16F2N2O2. The van der Waals surface area contributed by atoms with Crippen molar-refractivity contribution in [2.45, 2.75) is 19.1 Å². The molecule has 2 rings (SSSR count). The molecule has 1 heterocycles. The van der Waals surface area contributed by atoms with Crippen molar-refractivity contribution >= 4 is 11.6 Å². The Morgan fingerprint density at radius 1 is 1.50 bits per heavy atom. The van der Waals surface area contributed by atoms with Crippen molar-refractivity contribution in [3.8, 4) is 5.75 Å². The Morgan fingerprint density at radius 2 is 2.25 bits per heavy atom. The highest BCUT2D eigenvalue weighted by Gasteiger charge is 2.25. The number of benzene rings is 1. The Morgan fingerprint density at radius 3 is 2.95 bits per heavy atom. The van der Waals surface area contributed by atoms with Gasteiger partial charge >= 0.3 is 6.61 Å². The summed E-state index contributed by atoms with van der Waals surface area (Å²) in [5.41, 5.74) is 0.614. The van der Waals surface area contributed by atoms with E-state index in [1.54, 1.807) is 18.2 Å². The minimum absolute atomic E-state index is 0.0138. The van der Waals surface area contributed by atoms with Crippen molar-refractivity contribution in [3.05, 3.63) is 36.9 Å². The number of hydrogen-bond donors (Lipinski definition) is 1. The first-order chi connectivity index (χ1) is 9.60. The summed E-state index contributed by atoms with van der Waals surface area (Å²) < 4.78 is 29.3. The Kier molecular flexibility index (Phi) is 4.55. The smallest absolute Gasteiger partial charge is 0.387 e. The molecule has 1 aromatic rings. The summed E-state index contributed by atoms with van der Waals surface area (Å²) in [6.45, 7) is 1.78. The molecular weight excluding hydrogens is 266 g/mol. The van der Waals surface area contributed by atoms with E-state index >= 15 is 0 Å². The number of ether oxygens (including phenoxy) is 1. The number of carbonyl (C=O) groups excluding carboxylic acids is 1. The molecule has 1 fully saturated rings. The number of carbonyl (C=O) groups is 1. The van der Waals surface area contributed by atoms with Crippen LogP contribution in [-0.4, -0.2) is 31.7 Å². The number of amides is 1. The third kappa shape index (κ3) is 3.46. The van der Waals surface area contributed by atoms with Crippen LogP contribution in [0.3, 0.4) is 0 Å². The number of nitrogens with zero attached hydrogens (tertiary/aromatic N) is 1. The highest BCUT2D eigenvalue weighted by molar-refractivity contribution is 5.87. The summed E-state index contributed by atoms with van der Waals surface area (Å²) in [5, 5.41) is 2.80. The molecule has 1 atom stereocenters. The highest BCUT2D eigenvalue weighted by atomic mass is 19.3. The number of anilines is 1. The van der Waals surface area contributed by atoms with Crippen molar-refractivity contribution < 1.29 is 18.3 Å². The minimum Gasteiger partial charge on any atom is -0.433 e. The summed E-state index contributed by atoms with van der Waals surface area (Å²) in [5.74, 6) is -0.0767. The lowest BCUT2D eigenvalue weighted by atomic mass is 10.2. The maximum Gasteiger partial charge on any atom is 0.387 e. The minimum atomic E-state index is -2.85. The summed E-state index contributed by atoms with van der Waals surface area (Å²) in [4.78, 5) is 13.2. The zero-order chi connectivity index (χ0) is 14.5. The topological polar surface area (TPSA) is 41.6 Å². The van der Waals surface area contributed by atoms with E-state index in [9.17, 15) is 13.6 Å². The summed E-state index contributed by atoms with van der Waals surface area (Å²) >= 11 is 0. The number of halogens is 2. The zero-order valence-corrected chi connectivity index (χ0v) is 10.9. The fourth-order valence-electron chi connectivity index (χ4n) is 2.27. The fraction of sp³-hybridized carbons (Fsp3) is 0.357. The van der Waals surface area contributed by atoms with E-state index in [-0.39, 0.29) is 17.7 Å². The standard InChI is InChI=1S/C14H16F2N2O2/c1-2-13(19)17-10-7-8-18(9-10)11-5-3-4-6-12(11)20-14(15)16/h2-6,10,14H,1,7-9H2,(H,17,19). The first-order valence-electron chi connectivity index (χ1n) is 6.32. The molecule has 0 aromatic heterocycles. The SMILES string of the molecule is C=CC(=O)NC1CCN(c2ccccc2OC(F)F)C1. The van der Waals surface area contributed by atoms with E-state index in [1.807, 2.05) is 4.90 Å². The van der Waals surface area contributed by atoms with Gasteiger partial charge in [0.2, 0.25) is 5.91 Å². The molecule has 0 bridgehead atoms. The molecule has 20 heavy (non-hydrogen) atoms. The average molecular weight is 282 g/mol. The molecule has 1 aliphatic heterocycles. The molecule has 1 unspecified atom stereocenters. The summed E-state index contributed by atoms with van der Waals surface area (Å²) in [6, 6.07) is 6.64. The number of nitrogens with one attached hydrogen (secondary N) is 1. The van der Waals surface area contributed by atoms with E-state index in [2.05, 4.69) is 16.6 Å². The van der Waals surface area contributed by atoms with Crippen LogP contribution >= 0.6 is 0 Å². The molecule has 108 valence electrons. The van der Waals surface area contributed by atoms with Gasteiger partial charge in [-0.15, -0.1) is 0 Å². The quantitative estimate of drug-likeness (QED) is 0.842. The fourth-order valence-corrected chi connectivity index (χ4v) is 2.27. The van der Waals surface area contributed by atoms with Crippen LogP contribution in [0.15, 0.2) is 36.9 Å². The normalized spacial score (nSPS) is 18.1. The Labute approximate surface area is 116 Å². The largest absolute Gasteiger partial charge is 0.433 e. The lowest BCUT2D eigenvalue weighted by Gasteiger charge is -2.21. The maximum absolute atomic E-state index is 12.4. The van der Waals surface area contributed by atoms with Crippen LogP contribution in [-0.2, 0) is 4.79 Å². The predicted molar refractivity (Wildman–Crippen MR) is 72.0 cm³/mol. The first-order valence-corrected chi connectivity index (χ1v) is 6.32. The van der Waals surface area contributed by atoms with Crippen molar-refractivity contribution in [1.82, 2.24) is 5.32 Å². The second-order valence-corrected chi connectivity index (χ2v) is 4.49. The monoisotopic (exact) mass is 282 g/mol. The van der Waals surface area contributed by atoms with Crippen molar-refractivity contribution in [2.24, 2.45) is 0 Å². The number of para-hydroxylation sites is 2. The predicted octanol–water partition coefficient (Wildman–Crippen LogP) is 2.17. The van der Waals surface area contributed by atoms with Gasteiger partial charge in [0.25, 0.3) is 0 Å². The maximum atomic E-state index is 12.4. The molecule has 6 heteroatoms. The molecule has 0 spiro atoms. The lowest BCUT2D eigenvalue weighted by molar-refractivity contribution is -0.117. The van der Waals surface area contributed by atoms with Gasteiger partial charge < -0.3 is 15.0 Å². The molecule has 0 saturated carbocycles. The zero-order valence-electron chi connectivity index (χ0n) is 10.9. The highest BCUT2D eigenvalue weighted by Crippen LogP contribution is 2.31. The molecule has 0 aliphatic carbocycles. The van der Waals surface area contributed by atoms with Gasteiger partial charge in [0, 0.05) is 19.1 Å². The van der Waals surface area contributed by atoms with Gasteiger partial charge in [-0.25, -0.2) is 0 Å². The van der Waals surface area contributed by atoms with Crippen molar-refractivity contribution in [1.29, 1.82) is 0 Å². The first kappa shape index (κ1) is 14.3. The lowest BCUT2D eigenvalue weighted by Crippen LogP contribution is -2.36. The van der Waals surface area contributed by atoms with Crippen LogP contribution in [0.2, 0.25) is 0 Å². The molecule has 1 aromatic carbocycles. The average Bonchev–Trinajstić information content (AvgIpc) is 2.87. The van der Waals surface area contributed by atoms with E-state index < -0.39 is 6.61 Å². The van der Waals surface area contributed by atoms with Crippen LogP contribution in [0.5, 0.6) is 5.75 Å². The second kappa shape index (κ2) is 6.36. The van der Waals surface area contributed by atoms with Gasteiger partial charge in [-0.05, 0) is 24.6 Å². The third-order valence-electron chi connectivity index (χ3n) is 3.14. The molecule has 1 N–H and O–H groups in total. The van der Waals surface area contributed by atoms with Gasteiger partial charge in [0.05, 0.1) is 5.69 Å². The van der Waals surface area contributed by atoms with E-state index in [0.717, 1.165) is 6.42 Å². The molecule has 0 radical (unpaired) electrons. The third-order valence-corrected chi connectivity index (χ3v) is 3.14. The molecule has 1 saturated heterocycles. The van der Waals surface area contributed by atoms with Crippen LogP contribution in [0.4, 0.5) is 14.5 Å². The summed E-state index contributed by atoms with van der Waals surface area (Å²) in [6.07, 6.45) is 1.97. The summed E-state index contributed by atoms with van der Waals surface area (Å²) in [7, 11) is 0. The van der Waals surface area contributed by atoms with E-state index in [4.69, 9.17) is 0 Å². The van der Waals surface area contributed by atoms with Crippen LogP contribution in [0.25, 0.3) is 0 Å². The number of alkyl halides is 2. The van der Waals surface area contributed by atoms with Gasteiger partial charge in [-0.2, -0.15) is 8.78 Å². The van der Waals surface area contributed by atoms with Gasteiger partial charge in [-0.1, -0.05) is 18.7 Å². The van der Waals surface area contributed by atoms with Crippen molar-refractivity contribution in [2.75, 3.05) is 18.0 Å². The van der Waals surface area contributed by atoms with Gasteiger partial charge in [0.1, 0.15) is 5.75 Å². The van der Waals surface area contributed by atoms with Gasteiger partial charge in [-0.3, -0.25) is 4.79 Å². The van der Waals surface area contributed by atoms with Crippen molar-refractivity contribution in [3.63, 3.8) is 0 Å². The second-order valence-electron chi connectivity index (χ2n) is 4.49. The number of hydrogen-bond acceptors (Lipinski definition) is 3. The molecule has 4 nitrogen and oxygen atoms in total. The number of rotatable bonds is 5.